The predicted molar refractivity (Wildman–Crippen MR) is 68.3 cm³/mol. The van der Waals surface area contributed by atoms with Crippen molar-refractivity contribution in [1.29, 1.82) is 0 Å². The summed E-state index contributed by atoms with van der Waals surface area (Å²) in [6.07, 6.45) is 7.06. The van der Waals surface area contributed by atoms with E-state index in [4.69, 9.17) is 10.8 Å². The van der Waals surface area contributed by atoms with Crippen LogP contribution in [0, 0.1) is 5.92 Å². The molecular formula is C13H28N2O. The summed E-state index contributed by atoms with van der Waals surface area (Å²) in [6.45, 7) is 5.45. The van der Waals surface area contributed by atoms with E-state index in [0.717, 1.165) is 18.9 Å². The lowest BCUT2D eigenvalue weighted by molar-refractivity contribution is 0.221. The van der Waals surface area contributed by atoms with Gasteiger partial charge < -0.3 is 16.2 Å². The lowest BCUT2D eigenvalue weighted by atomic mass is 9.88. The first kappa shape index (κ1) is 13.9. The van der Waals surface area contributed by atoms with E-state index in [1.807, 2.05) is 0 Å². The molecule has 16 heavy (non-hydrogen) atoms. The molecule has 0 radical (unpaired) electrons. The summed E-state index contributed by atoms with van der Waals surface area (Å²) < 4.78 is 0. The Morgan fingerprint density at radius 2 is 2.19 bits per heavy atom. The van der Waals surface area contributed by atoms with E-state index in [2.05, 4.69) is 19.2 Å². The molecular weight excluding hydrogens is 200 g/mol. The normalized spacial score (nSPS) is 33.4. The lowest BCUT2D eigenvalue weighted by Gasteiger charge is -2.36. The SMILES string of the molecule is CC1CCCC(CN)(NC(C)CCO)CC1. The zero-order chi connectivity index (χ0) is 12.0. The number of hydrogen-bond acceptors (Lipinski definition) is 3. The standard InChI is InChI=1S/C13H28N2O/c1-11-4-3-7-13(10-14,8-5-11)15-12(2)6-9-16/h11-12,15-16H,3-10,14H2,1-2H3. The van der Waals surface area contributed by atoms with E-state index in [9.17, 15) is 0 Å². The molecule has 0 aromatic heterocycles. The smallest absolute Gasteiger partial charge is 0.0445 e. The second-order valence-corrected chi connectivity index (χ2v) is 5.58. The molecule has 3 heteroatoms. The Bertz CT molecular complexity index is 198. The Balaban J connectivity index is 2.54. The molecule has 1 saturated carbocycles. The van der Waals surface area contributed by atoms with Crippen LogP contribution in [-0.4, -0.2) is 29.8 Å². The summed E-state index contributed by atoms with van der Waals surface area (Å²) in [7, 11) is 0. The van der Waals surface area contributed by atoms with Gasteiger partial charge in [-0.15, -0.1) is 0 Å². The van der Waals surface area contributed by atoms with Crippen molar-refractivity contribution in [2.75, 3.05) is 13.2 Å². The van der Waals surface area contributed by atoms with Gasteiger partial charge in [-0.05, 0) is 38.5 Å². The molecule has 0 amide bonds. The Morgan fingerprint density at radius 3 is 2.81 bits per heavy atom. The minimum Gasteiger partial charge on any atom is -0.396 e. The molecule has 0 saturated heterocycles. The largest absolute Gasteiger partial charge is 0.396 e. The van der Waals surface area contributed by atoms with Crippen LogP contribution in [0.15, 0.2) is 0 Å². The third-order valence-electron chi connectivity index (χ3n) is 3.97. The third-order valence-corrected chi connectivity index (χ3v) is 3.97. The molecule has 0 spiro atoms. The molecule has 0 aliphatic heterocycles. The van der Waals surface area contributed by atoms with E-state index in [1.54, 1.807) is 0 Å². The van der Waals surface area contributed by atoms with Crippen LogP contribution in [0.4, 0.5) is 0 Å². The molecule has 1 aliphatic carbocycles. The average molecular weight is 228 g/mol. The highest BCUT2D eigenvalue weighted by Gasteiger charge is 2.31. The van der Waals surface area contributed by atoms with Gasteiger partial charge in [0.2, 0.25) is 0 Å². The Labute approximate surface area is 99.8 Å². The summed E-state index contributed by atoms with van der Waals surface area (Å²) in [5.41, 5.74) is 6.10. The van der Waals surface area contributed by atoms with Crippen molar-refractivity contribution < 1.29 is 5.11 Å². The number of hydrogen-bond donors (Lipinski definition) is 3. The Kier molecular flexibility index (Phi) is 5.73. The van der Waals surface area contributed by atoms with Crippen molar-refractivity contribution in [1.82, 2.24) is 5.32 Å². The van der Waals surface area contributed by atoms with Crippen molar-refractivity contribution in [3.05, 3.63) is 0 Å². The first-order chi connectivity index (χ1) is 7.62. The van der Waals surface area contributed by atoms with E-state index in [1.165, 1.54) is 32.1 Å². The van der Waals surface area contributed by atoms with Gasteiger partial charge in [0.25, 0.3) is 0 Å². The first-order valence-electron chi connectivity index (χ1n) is 6.70. The molecule has 1 fully saturated rings. The third kappa shape index (κ3) is 4.04. The van der Waals surface area contributed by atoms with Crippen LogP contribution >= 0.6 is 0 Å². The molecule has 0 bridgehead atoms. The van der Waals surface area contributed by atoms with E-state index in [0.29, 0.717) is 6.04 Å². The summed E-state index contributed by atoms with van der Waals surface area (Å²) in [6, 6.07) is 0.363. The fraction of sp³-hybridized carbons (Fsp3) is 1.00. The fourth-order valence-corrected chi connectivity index (χ4v) is 2.78. The maximum absolute atomic E-state index is 8.95. The average Bonchev–Trinajstić information content (AvgIpc) is 2.42. The summed E-state index contributed by atoms with van der Waals surface area (Å²) in [4.78, 5) is 0. The number of nitrogens with one attached hydrogen (secondary N) is 1. The van der Waals surface area contributed by atoms with Gasteiger partial charge in [0.1, 0.15) is 0 Å². The lowest BCUT2D eigenvalue weighted by Crippen LogP contribution is -2.54. The quantitative estimate of drug-likeness (QED) is 0.627. The van der Waals surface area contributed by atoms with Crippen LogP contribution in [0.1, 0.15) is 52.4 Å². The molecule has 3 unspecified atom stereocenters. The second kappa shape index (κ2) is 6.58. The van der Waals surface area contributed by atoms with Crippen molar-refractivity contribution in [2.45, 2.75) is 64.0 Å². The van der Waals surface area contributed by atoms with Gasteiger partial charge >= 0.3 is 0 Å². The Morgan fingerprint density at radius 1 is 1.44 bits per heavy atom. The maximum Gasteiger partial charge on any atom is 0.0445 e. The van der Waals surface area contributed by atoms with Crippen molar-refractivity contribution in [3.8, 4) is 0 Å². The Hall–Kier alpha value is -0.120. The molecule has 4 N–H and O–H groups in total. The number of rotatable bonds is 5. The highest BCUT2D eigenvalue weighted by atomic mass is 16.3. The van der Waals surface area contributed by atoms with Gasteiger partial charge in [0.05, 0.1) is 0 Å². The van der Waals surface area contributed by atoms with Crippen LogP contribution in [0.2, 0.25) is 0 Å². The van der Waals surface area contributed by atoms with Crippen LogP contribution in [-0.2, 0) is 0 Å². The maximum atomic E-state index is 8.95. The van der Waals surface area contributed by atoms with Gasteiger partial charge in [-0.25, -0.2) is 0 Å². The highest BCUT2D eigenvalue weighted by Crippen LogP contribution is 2.30. The zero-order valence-corrected chi connectivity index (χ0v) is 10.8. The van der Waals surface area contributed by atoms with Gasteiger partial charge in [-0.1, -0.05) is 19.8 Å². The van der Waals surface area contributed by atoms with Gasteiger partial charge in [0, 0.05) is 24.7 Å². The summed E-state index contributed by atoms with van der Waals surface area (Å²) in [5.74, 6) is 0.836. The van der Waals surface area contributed by atoms with Crippen molar-refractivity contribution in [3.63, 3.8) is 0 Å². The first-order valence-corrected chi connectivity index (χ1v) is 6.70. The van der Waals surface area contributed by atoms with Gasteiger partial charge in [0.15, 0.2) is 0 Å². The van der Waals surface area contributed by atoms with Crippen molar-refractivity contribution >= 4 is 0 Å². The topological polar surface area (TPSA) is 58.3 Å². The van der Waals surface area contributed by atoms with E-state index < -0.39 is 0 Å². The molecule has 0 heterocycles. The monoisotopic (exact) mass is 228 g/mol. The number of aliphatic hydroxyl groups excluding tert-OH is 1. The highest BCUT2D eigenvalue weighted by molar-refractivity contribution is 4.93. The molecule has 0 aromatic rings. The fourth-order valence-electron chi connectivity index (χ4n) is 2.78. The molecule has 96 valence electrons. The number of aliphatic hydroxyl groups is 1. The van der Waals surface area contributed by atoms with Gasteiger partial charge in [-0.3, -0.25) is 0 Å². The van der Waals surface area contributed by atoms with Crippen LogP contribution in [0.25, 0.3) is 0 Å². The molecule has 0 aromatic carbocycles. The minimum atomic E-state index is 0.124. The zero-order valence-electron chi connectivity index (χ0n) is 10.8. The van der Waals surface area contributed by atoms with E-state index >= 15 is 0 Å². The minimum absolute atomic E-state index is 0.124. The van der Waals surface area contributed by atoms with Crippen LogP contribution in [0.5, 0.6) is 0 Å². The van der Waals surface area contributed by atoms with E-state index in [-0.39, 0.29) is 12.1 Å². The molecule has 1 aliphatic rings. The second-order valence-electron chi connectivity index (χ2n) is 5.58. The summed E-state index contributed by atoms with van der Waals surface area (Å²) in [5, 5.41) is 12.6. The van der Waals surface area contributed by atoms with Crippen LogP contribution in [0.3, 0.4) is 0 Å². The van der Waals surface area contributed by atoms with Crippen molar-refractivity contribution in [2.24, 2.45) is 11.7 Å². The van der Waals surface area contributed by atoms with Gasteiger partial charge in [-0.2, -0.15) is 0 Å². The summed E-state index contributed by atoms with van der Waals surface area (Å²) >= 11 is 0. The van der Waals surface area contributed by atoms with Crippen LogP contribution < -0.4 is 11.1 Å². The molecule has 3 nitrogen and oxygen atoms in total. The number of nitrogens with two attached hydrogens (primary N) is 1. The molecule has 1 rings (SSSR count). The molecule has 3 atom stereocenters. The predicted octanol–water partition coefficient (Wildman–Crippen LogP) is 1.64.